The fourth-order valence-electron chi connectivity index (χ4n) is 1.81. The van der Waals surface area contributed by atoms with E-state index in [4.69, 9.17) is 23.2 Å². The fourth-order valence-corrected chi connectivity index (χ4v) is 2.49. The summed E-state index contributed by atoms with van der Waals surface area (Å²) >= 11 is 12.4. The van der Waals surface area contributed by atoms with Gasteiger partial charge in [-0.25, -0.2) is 0 Å². The van der Waals surface area contributed by atoms with Crippen molar-refractivity contribution in [1.82, 2.24) is 0 Å². The Labute approximate surface area is 116 Å². The van der Waals surface area contributed by atoms with Crippen molar-refractivity contribution in [2.45, 2.75) is 13.3 Å². The molecule has 2 rings (SSSR count). The molecule has 3 heteroatoms. The van der Waals surface area contributed by atoms with Gasteiger partial charge in [0.2, 0.25) is 0 Å². The van der Waals surface area contributed by atoms with Gasteiger partial charge < -0.3 is 0 Å². The molecule has 0 aliphatic heterocycles. The molecule has 2 aromatic rings. The van der Waals surface area contributed by atoms with Gasteiger partial charge in [0, 0.05) is 5.56 Å². The molecular formula is C15H12Cl2O. The Morgan fingerprint density at radius 2 is 1.72 bits per heavy atom. The average molecular weight is 279 g/mol. The van der Waals surface area contributed by atoms with Crippen LogP contribution in [0.1, 0.15) is 28.4 Å². The predicted octanol–water partition coefficient (Wildman–Crippen LogP) is 4.79. The normalized spacial score (nSPS) is 10.4. The Morgan fingerprint density at radius 1 is 1.06 bits per heavy atom. The molecule has 0 amide bonds. The van der Waals surface area contributed by atoms with Gasteiger partial charge in [-0.1, -0.05) is 66.5 Å². The van der Waals surface area contributed by atoms with Gasteiger partial charge in [0.15, 0.2) is 5.78 Å². The van der Waals surface area contributed by atoms with E-state index in [0.717, 1.165) is 12.0 Å². The summed E-state index contributed by atoms with van der Waals surface area (Å²) in [7, 11) is 0. The van der Waals surface area contributed by atoms with E-state index in [9.17, 15) is 4.79 Å². The van der Waals surface area contributed by atoms with Crippen molar-refractivity contribution < 1.29 is 4.79 Å². The second-order valence-electron chi connectivity index (χ2n) is 3.94. The van der Waals surface area contributed by atoms with Gasteiger partial charge in [-0.05, 0) is 18.1 Å². The summed E-state index contributed by atoms with van der Waals surface area (Å²) in [5.74, 6) is -0.138. The Balaban J connectivity index is 2.55. The lowest BCUT2D eigenvalue weighted by atomic mass is 10.0. The maximum absolute atomic E-state index is 12.4. The van der Waals surface area contributed by atoms with Gasteiger partial charge in [0.25, 0.3) is 0 Å². The molecule has 0 aliphatic carbocycles. The molecule has 0 spiro atoms. The molecule has 18 heavy (non-hydrogen) atoms. The maximum atomic E-state index is 12.4. The number of rotatable bonds is 3. The molecule has 0 N–H and O–H groups in total. The van der Waals surface area contributed by atoms with E-state index in [1.54, 1.807) is 18.2 Å². The standard InChI is InChI=1S/C15H12Cl2O/c1-2-10-8-9-12(16)13(14(10)17)15(18)11-6-4-3-5-7-11/h3-9H,2H2,1H3. The number of hydrogen-bond donors (Lipinski definition) is 0. The molecular weight excluding hydrogens is 267 g/mol. The van der Waals surface area contributed by atoms with E-state index in [1.807, 2.05) is 31.2 Å². The summed E-state index contributed by atoms with van der Waals surface area (Å²) in [6.45, 7) is 1.99. The van der Waals surface area contributed by atoms with Crippen LogP contribution < -0.4 is 0 Å². The van der Waals surface area contributed by atoms with Gasteiger partial charge in [-0.3, -0.25) is 4.79 Å². The summed E-state index contributed by atoms with van der Waals surface area (Å²) in [5.41, 5.74) is 1.92. The van der Waals surface area contributed by atoms with E-state index < -0.39 is 0 Å². The van der Waals surface area contributed by atoms with E-state index in [1.165, 1.54) is 0 Å². The molecule has 0 aliphatic rings. The Kier molecular flexibility index (Phi) is 4.05. The van der Waals surface area contributed by atoms with E-state index in [0.29, 0.717) is 21.2 Å². The molecule has 0 saturated heterocycles. The number of halogens is 2. The Bertz CT molecular complexity index is 577. The summed E-state index contributed by atoms with van der Waals surface area (Å²) in [5, 5.41) is 0.852. The second-order valence-corrected chi connectivity index (χ2v) is 4.73. The second kappa shape index (κ2) is 5.55. The van der Waals surface area contributed by atoms with E-state index >= 15 is 0 Å². The quantitative estimate of drug-likeness (QED) is 0.738. The van der Waals surface area contributed by atoms with Gasteiger partial charge in [-0.2, -0.15) is 0 Å². The highest BCUT2D eigenvalue weighted by Crippen LogP contribution is 2.30. The minimum atomic E-state index is -0.138. The van der Waals surface area contributed by atoms with Crippen LogP contribution in [0.25, 0.3) is 0 Å². The lowest BCUT2D eigenvalue weighted by molar-refractivity contribution is 0.103. The lowest BCUT2D eigenvalue weighted by Gasteiger charge is -2.09. The van der Waals surface area contributed by atoms with Gasteiger partial charge in [0.1, 0.15) is 0 Å². The molecule has 0 fully saturated rings. The first kappa shape index (κ1) is 13.1. The van der Waals surface area contributed by atoms with Crippen LogP contribution in [-0.2, 0) is 6.42 Å². The molecule has 0 saturated carbocycles. The van der Waals surface area contributed by atoms with Crippen LogP contribution in [0.15, 0.2) is 42.5 Å². The smallest absolute Gasteiger partial charge is 0.196 e. The van der Waals surface area contributed by atoms with Crippen LogP contribution in [0.3, 0.4) is 0 Å². The average Bonchev–Trinajstić information content (AvgIpc) is 2.40. The number of hydrogen-bond acceptors (Lipinski definition) is 1. The van der Waals surface area contributed by atoms with Gasteiger partial charge in [0.05, 0.1) is 15.6 Å². The SMILES string of the molecule is CCc1ccc(Cl)c(C(=O)c2ccccc2)c1Cl. The molecule has 0 unspecified atom stereocenters. The van der Waals surface area contributed by atoms with Crippen molar-refractivity contribution in [2.24, 2.45) is 0 Å². The third-order valence-electron chi connectivity index (χ3n) is 2.82. The minimum Gasteiger partial charge on any atom is -0.288 e. The van der Waals surface area contributed by atoms with Crippen LogP contribution in [0.2, 0.25) is 10.0 Å². The summed E-state index contributed by atoms with van der Waals surface area (Å²) in [6, 6.07) is 12.6. The summed E-state index contributed by atoms with van der Waals surface area (Å²) in [6.07, 6.45) is 0.769. The first-order valence-electron chi connectivity index (χ1n) is 5.71. The van der Waals surface area contributed by atoms with Gasteiger partial charge >= 0.3 is 0 Å². The van der Waals surface area contributed by atoms with Crippen LogP contribution in [0, 0.1) is 0 Å². The maximum Gasteiger partial charge on any atom is 0.196 e. The van der Waals surface area contributed by atoms with Crippen molar-refractivity contribution in [3.05, 3.63) is 69.2 Å². The Morgan fingerprint density at radius 3 is 2.33 bits per heavy atom. The number of benzene rings is 2. The zero-order chi connectivity index (χ0) is 13.1. The third kappa shape index (κ3) is 2.43. The Hall–Kier alpha value is -1.31. The first-order chi connectivity index (χ1) is 8.65. The van der Waals surface area contributed by atoms with Crippen molar-refractivity contribution in [3.63, 3.8) is 0 Å². The highest BCUT2D eigenvalue weighted by atomic mass is 35.5. The van der Waals surface area contributed by atoms with Crippen LogP contribution in [0.4, 0.5) is 0 Å². The highest BCUT2D eigenvalue weighted by molar-refractivity contribution is 6.41. The molecule has 0 bridgehead atoms. The van der Waals surface area contributed by atoms with Crippen molar-refractivity contribution in [2.75, 3.05) is 0 Å². The molecule has 2 aromatic carbocycles. The minimum absolute atomic E-state index is 0.138. The fraction of sp³-hybridized carbons (Fsp3) is 0.133. The van der Waals surface area contributed by atoms with Crippen molar-refractivity contribution >= 4 is 29.0 Å². The summed E-state index contributed by atoms with van der Waals surface area (Å²) < 4.78 is 0. The lowest BCUT2D eigenvalue weighted by Crippen LogP contribution is -2.04. The van der Waals surface area contributed by atoms with Crippen molar-refractivity contribution in [3.8, 4) is 0 Å². The van der Waals surface area contributed by atoms with Crippen LogP contribution >= 0.6 is 23.2 Å². The van der Waals surface area contributed by atoms with E-state index in [-0.39, 0.29) is 5.78 Å². The highest BCUT2D eigenvalue weighted by Gasteiger charge is 2.18. The number of carbonyl (C=O) groups is 1. The number of ketones is 1. The molecule has 0 aromatic heterocycles. The van der Waals surface area contributed by atoms with Crippen LogP contribution in [0.5, 0.6) is 0 Å². The first-order valence-corrected chi connectivity index (χ1v) is 6.47. The molecule has 0 atom stereocenters. The zero-order valence-corrected chi connectivity index (χ0v) is 11.4. The number of carbonyl (C=O) groups excluding carboxylic acids is 1. The van der Waals surface area contributed by atoms with E-state index in [2.05, 4.69) is 0 Å². The predicted molar refractivity (Wildman–Crippen MR) is 75.7 cm³/mol. The topological polar surface area (TPSA) is 17.1 Å². The molecule has 0 heterocycles. The van der Waals surface area contributed by atoms with Crippen molar-refractivity contribution in [1.29, 1.82) is 0 Å². The molecule has 92 valence electrons. The molecule has 0 radical (unpaired) electrons. The molecule has 1 nitrogen and oxygen atoms in total. The van der Waals surface area contributed by atoms with Crippen LogP contribution in [-0.4, -0.2) is 5.78 Å². The zero-order valence-electron chi connectivity index (χ0n) is 9.91. The largest absolute Gasteiger partial charge is 0.288 e. The number of aryl methyl sites for hydroxylation is 1. The third-order valence-corrected chi connectivity index (χ3v) is 3.56. The monoisotopic (exact) mass is 278 g/mol. The van der Waals surface area contributed by atoms with Gasteiger partial charge in [-0.15, -0.1) is 0 Å². The summed E-state index contributed by atoms with van der Waals surface area (Å²) in [4.78, 5) is 12.4.